The van der Waals surface area contributed by atoms with Gasteiger partial charge in [-0.05, 0) is 34.7 Å². The van der Waals surface area contributed by atoms with E-state index in [4.69, 9.17) is 0 Å². The second-order valence-corrected chi connectivity index (χ2v) is 4.89. The van der Waals surface area contributed by atoms with Crippen molar-refractivity contribution in [1.82, 2.24) is 35.5 Å². The molecule has 1 aromatic carbocycles. The van der Waals surface area contributed by atoms with Crippen LogP contribution in [0.3, 0.4) is 0 Å². The number of hydrogen-bond acceptors (Lipinski definition) is 6. The summed E-state index contributed by atoms with van der Waals surface area (Å²) in [6, 6.07) is 7.88. The molecule has 21 heavy (non-hydrogen) atoms. The SMILES string of the molecule is c1cc(-n2cnnn2)ccc1-c1ncc2c(n1)CCNC2. The number of benzene rings is 1. The normalized spacial score (nSPS) is 13.9. The summed E-state index contributed by atoms with van der Waals surface area (Å²) in [5.74, 6) is 0.763. The summed E-state index contributed by atoms with van der Waals surface area (Å²) in [5, 5.41) is 14.4. The monoisotopic (exact) mass is 279 g/mol. The van der Waals surface area contributed by atoms with E-state index in [0.29, 0.717) is 0 Å². The van der Waals surface area contributed by atoms with Crippen molar-refractivity contribution < 1.29 is 0 Å². The molecule has 1 aliphatic rings. The molecule has 0 bridgehead atoms. The molecular formula is C14H13N7. The summed E-state index contributed by atoms with van der Waals surface area (Å²) < 4.78 is 1.61. The predicted molar refractivity (Wildman–Crippen MR) is 75.6 cm³/mol. The van der Waals surface area contributed by atoms with Crippen molar-refractivity contribution in [2.45, 2.75) is 13.0 Å². The average molecular weight is 279 g/mol. The molecule has 0 atom stereocenters. The van der Waals surface area contributed by atoms with Crippen LogP contribution in [0.2, 0.25) is 0 Å². The molecule has 7 heteroatoms. The van der Waals surface area contributed by atoms with Gasteiger partial charge in [0.15, 0.2) is 5.82 Å². The molecule has 0 spiro atoms. The van der Waals surface area contributed by atoms with Gasteiger partial charge >= 0.3 is 0 Å². The minimum atomic E-state index is 0.763. The number of nitrogens with one attached hydrogen (secondary N) is 1. The van der Waals surface area contributed by atoms with Crippen LogP contribution in [0.4, 0.5) is 0 Å². The lowest BCUT2D eigenvalue weighted by Crippen LogP contribution is -2.24. The van der Waals surface area contributed by atoms with Crippen LogP contribution < -0.4 is 5.32 Å². The smallest absolute Gasteiger partial charge is 0.159 e. The fourth-order valence-electron chi connectivity index (χ4n) is 2.42. The number of nitrogens with zero attached hydrogens (tertiary/aromatic N) is 6. The fourth-order valence-corrected chi connectivity index (χ4v) is 2.42. The average Bonchev–Trinajstić information content (AvgIpc) is 3.09. The Morgan fingerprint density at radius 2 is 2.05 bits per heavy atom. The van der Waals surface area contributed by atoms with E-state index in [0.717, 1.165) is 42.3 Å². The van der Waals surface area contributed by atoms with E-state index in [2.05, 4.69) is 30.8 Å². The van der Waals surface area contributed by atoms with Gasteiger partial charge in [0.1, 0.15) is 6.33 Å². The van der Waals surface area contributed by atoms with Crippen molar-refractivity contribution in [2.75, 3.05) is 6.54 Å². The van der Waals surface area contributed by atoms with Crippen LogP contribution in [0, 0.1) is 0 Å². The highest BCUT2D eigenvalue weighted by Gasteiger charge is 2.12. The van der Waals surface area contributed by atoms with Crippen LogP contribution in [0.1, 0.15) is 11.3 Å². The number of hydrogen-bond donors (Lipinski definition) is 1. The van der Waals surface area contributed by atoms with Crippen molar-refractivity contribution in [3.8, 4) is 17.1 Å². The summed E-state index contributed by atoms with van der Waals surface area (Å²) in [6.07, 6.45) is 4.43. The van der Waals surface area contributed by atoms with Crippen LogP contribution in [-0.4, -0.2) is 36.7 Å². The third-order valence-electron chi connectivity index (χ3n) is 3.55. The molecule has 0 aliphatic carbocycles. The maximum Gasteiger partial charge on any atom is 0.159 e. The van der Waals surface area contributed by atoms with Crippen molar-refractivity contribution in [3.05, 3.63) is 48.0 Å². The molecule has 0 amide bonds. The van der Waals surface area contributed by atoms with Gasteiger partial charge < -0.3 is 5.32 Å². The Hall–Kier alpha value is -2.67. The van der Waals surface area contributed by atoms with Gasteiger partial charge in [0.05, 0.1) is 11.4 Å². The molecule has 1 N–H and O–H groups in total. The number of aromatic nitrogens is 6. The van der Waals surface area contributed by atoms with Gasteiger partial charge in [0.25, 0.3) is 0 Å². The Labute approximate surface area is 121 Å². The van der Waals surface area contributed by atoms with E-state index in [9.17, 15) is 0 Å². The summed E-state index contributed by atoms with van der Waals surface area (Å²) in [7, 11) is 0. The van der Waals surface area contributed by atoms with Gasteiger partial charge in [-0.2, -0.15) is 0 Å². The number of tetrazole rings is 1. The third-order valence-corrected chi connectivity index (χ3v) is 3.55. The van der Waals surface area contributed by atoms with Crippen LogP contribution in [0.15, 0.2) is 36.8 Å². The Morgan fingerprint density at radius 3 is 2.86 bits per heavy atom. The third kappa shape index (κ3) is 2.27. The minimum Gasteiger partial charge on any atom is -0.312 e. The number of fused-ring (bicyclic) bond motifs is 1. The second kappa shape index (κ2) is 5.02. The van der Waals surface area contributed by atoms with Gasteiger partial charge in [-0.1, -0.05) is 0 Å². The van der Waals surface area contributed by atoms with Crippen LogP contribution in [-0.2, 0) is 13.0 Å². The van der Waals surface area contributed by atoms with E-state index in [1.807, 2.05) is 30.5 Å². The van der Waals surface area contributed by atoms with Crippen LogP contribution in [0.5, 0.6) is 0 Å². The van der Waals surface area contributed by atoms with E-state index in [1.165, 1.54) is 5.56 Å². The first-order chi connectivity index (χ1) is 10.4. The Balaban J connectivity index is 1.67. The molecule has 4 rings (SSSR count). The zero-order chi connectivity index (χ0) is 14.1. The van der Waals surface area contributed by atoms with Crippen molar-refractivity contribution in [3.63, 3.8) is 0 Å². The maximum atomic E-state index is 4.68. The van der Waals surface area contributed by atoms with Gasteiger partial charge in [-0.3, -0.25) is 0 Å². The molecule has 0 saturated heterocycles. The quantitative estimate of drug-likeness (QED) is 0.746. The topological polar surface area (TPSA) is 81.4 Å². The van der Waals surface area contributed by atoms with Crippen molar-refractivity contribution in [2.24, 2.45) is 0 Å². The molecule has 2 aromatic heterocycles. The fraction of sp³-hybridized carbons (Fsp3) is 0.214. The zero-order valence-electron chi connectivity index (χ0n) is 11.3. The number of rotatable bonds is 2. The molecule has 104 valence electrons. The highest BCUT2D eigenvalue weighted by Crippen LogP contribution is 2.19. The second-order valence-electron chi connectivity index (χ2n) is 4.89. The van der Waals surface area contributed by atoms with Gasteiger partial charge in [-0.25, -0.2) is 14.6 Å². The predicted octanol–water partition coefficient (Wildman–Crippen LogP) is 0.765. The van der Waals surface area contributed by atoms with E-state index >= 15 is 0 Å². The first-order valence-corrected chi connectivity index (χ1v) is 6.79. The summed E-state index contributed by atoms with van der Waals surface area (Å²) >= 11 is 0. The van der Waals surface area contributed by atoms with Crippen molar-refractivity contribution in [1.29, 1.82) is 0 Å². The molecular weight excluding hydrogens is 266 g/mol. The molecule has 3 heterocycles. The minimum absolute atomic E-state index is 0.763. The highest BCUT2D eigenvalue weighted by atomic mass is 15.5. The Kier molecular flexibility index (Phi) is 2.89. The first kappa shape index (κ1) is 12.1. The molecule has 1 aliphatic heterocycles. The van der Waals surface area contributed by atoms with Gasteiger partial charge in [0, 0.05) is 36.8 Å². The van der Waals surface area contributed by atoms with E-state index < -0.39 is 0 Å². The summed E-state index contributed by atoms with van der Waals surface area (Å²) in [5.41, 5.74) is 4.23. The standard InChI is InChI=1S/C14H13N7/c1-3-12(21-9-17-19-20-21)4-2-10(1)14-16-8-11-7-15-6-5-13(11)18-14/h1-4,8-9,15H,5-7H2. The Bertz CT molecular complexity index is 750. The molecule has 0 unspecified atom stereocenters. The van der Waals surface area contributed by atoms with E-state index in [-0.39, 0.29) is 0 Å². The lowest BCUT2D eigenvalue weighted by atomic mass is 10.1. The summed E-state index contributed by atoms with van der Waals surface area (Å²) in [6.45, 7) is 1.83. The summed E-state index contributed by atoms with van der Waals surface area (Å²) in [4.78, 5) is 9.13. The van der Waals surface area contributed by atoms with E-state index in [1.54, 1.807) is 11.0 Å². The van der Waals surface area contributed by atoms with Crippen molar-refractivity contribution >= 4 is 0 Å². The van der Waals surface area contributed by atoms with Crippen LogP contribution >= 0.6 is 0 Å². The molecule has 0 saturated carbocycles. The van der Waals surface area contributed by atoms with Gasteiger partial charge in [0.2, 0.25) is 0 Å². The van der Waals surface area contributed by atoms with Gasteiger partial charge in [-0.15, -0.1) is 5.10 Å². The zero-order valence-corrected chi connectivity index (χ0v) is 11.3. The maximum absolute atomic E-state index is 4.68. The largest absolute Gasteiger partial charge is 0.312 e. The molecule has 3 aromatic rings. The first-order valence-electron chi connectivity index (χ1n) is 6.79. The Morgan fingerprint density at radius 1 is 1.14 bits per heavy atom. The molecule has 0 radical (unpaired) electrons. The molecule has 7 nitrogen and oxygen atoms in total. The van der Waals surface area contributed by atoms with Crippen LogP contribution in [0.25, 0.3) is 17.1 Å². The molecule has 0 fully saturated rings. The highest BCUT2D eigenvalue weighted by molar-refractivity contribution is 5.57. The lowest BCUT2D eigenvalue weighted by molar-refractivity contribution is 0.626. The lowest BCUT2D eigenvalue weighted by Gasteiger charge is -2.16.